The molecule has 1 aliphatic rings. The average Bonchev–Trinajstić information content (AvgIpc) is 3.16. The summed E-state index contributed by atoms with van der Waals surface area (Å²) in [5.41, 5.74) is 7.07. The largest absolute Gasteiger partial charge is 0.383 e. The topological polar surface area (TPSA) is 55.0 Å². The van der Waals surface area contributed by atoms with Crippen LogP contribution in [0.4, 0.5) is 11.6 Å². The maximum absolute atomic E-state index is 6.04. The van der Waals surface area contributed by atoms with Gasteiger partial charge in [0.05, 0.1) is 0 Å². The van der Waals surface area contributed by atoms with Gasteiger partial charge in [0.2, 0.25) is 0 Å². The summed E-state index contributed by atoms with van der Waals surface area (Å²) in [5, 5.41) is 0. The minimum absolute atomic E-state index is 0.553. The Labute approximate surface area is 110 Å². The molecular weight excluding hydrogens is 224 g/mol. The summed E-state index contributed by atoms with van der Waals surface area (Å²) in [4.78, 5) is 11.6. The normalized spacial score (nSPS) is 14.8. The van der Waals surface area contributed by atoms with E-state index in [1.807, 2.05) is 6.92 Å². The lowest BCUT2D eigenvalue weighted by Crippen LogP contribution is -2.27. The molecule has 1 aliphatic carbocycles. The fourth-order valence-electron chi connectivity index (χ4n) is 2.23. The van der Waals surface area contributed by atoms with Crippen molar-refractivity contribution in [2.45, 2.75) is 52.4 Å². The van der Waals surface area contributed by atoms with Crippen LogP contribution in [-0.4, -0.2) is 23.1 Å². The number of rotatable bonds is 6. The SMILES string of the molecule is CCCN(CCC)c1nc(C2CC2)nc(N)c1C. The highest BCUT2D eigenvalue weighted by Gasteiger charge is 2.28. The third kappa shape index (κ3) is 2.74. The number of nitrogens with two attached hydrogens (primary N) is 1. The van der Waals surface area contributed by atoms with Gasteiger partial charge in [0.1, 0.15) is 17.5 Å². The first-order valence-electron chi connectivity index (χ1n) is 7.06. The second kappa shape index (κ2) is 5.55. The zero-order valence-electron chi connectivity index (χ0n) is 11.7. The molecule has 0 aliphatic heterocycles. The van der Waals surface area contributed by atoms with Gasteiger partial charge in [0.15, 0.2) is 0 Å². The Morgan fingerprint density at radius 2 is 1.78 bits per heavy atom. The predicted molar refractivity (Wildman–Crippen MR) is 76.0 cm³/mol. The van der Waals surface area contributed by atoms with Gasteiger partial charge in [0, 0.05) is 24.6 Å². The van der Waals surface area contributed by atoms with Crippen LogP contribution in [-0.2, 0) is 0 Å². The highest BCUT2D eigenvalue weighted by atomic mass is 15.2. The Morgan fingerprint density at radius 1 is 1.17 bits per heavy atom. The van der Waals surface area contributed by atoms with Gasteiger partial charge in [-0.15, -0.1) is 0 Å². The maximum Gasteiger partial charge on any atom is 0.137 e. The molecule has 1 heterocycles. The van der Waals surface area contributed by atoms with Gasteiger partial charge in [0.25, 0.3) is 0 Å². The Morgan fingerprint density at radius 3 is 2.28 bits per heavy atom. The van der Waals surface area contributed by atoms with Crippen LogP contribution in [0.25, 0.3) is 0 Å². The summed E-state index contributed by atoms with van der Waals surface area (Å²) in [6.07, 6.45) is 4.68. The first-order valence-corrected chi connectivity index (χ1v) is 7.06. The summed E-state index contributed by atoms with van der Waals surface area (Å²) in [6.45, 7) is 8.50. The van der Waals surface area contributed by atoms with Crippen LogP contribution >= 0.6 is 0 Å². The molecule has 2 rings (SSSR count). The number of aromatic nitrogens is 2. The van der Waals surface area contributed by atoms with Crippen molar-refractivity contribution in [3.8, 4) is 0 Å². The highest BCUT2D eigenvalue weighted by Crippen LogP contribution is 2.39. The third-order valence-electron chi connectivity index (χ3n) is 3.40. The van der Waals surface area contributed by atoms with Crippen molar-refractivity contribution < 1.29 is 0 Å². The third-order valence-corrected chi connectivity index (χ3v) is 3.40. The second-order valence-corrected chi connectivity index (χ2v) is 5.18. The first kappa shape index (κ1) is 13.1. The lowest BCUT2D eigenvalue weighted by atomic mass is 10.2. The lowest BCUT2D eigenvalue weighted by Gasteiger charge is -2.25. The molecule has 2 N–H and O–H groups in total. The Kier molecular flexibility index (Phi) is 4.04. The van der Waals surface area contributed by atoms with E-state index in [4.69, 9.17) is 10.7 Å². The number of hydrogen-bond acceptors (Lipinski definition) is 4. The highest BCUT2D eigenvalue weighted by molar-refractivity contribution is 5.56. The summed E-state index contributed by atoms with van der Waals surface area (Å²) in [7, 11) is 0. The molecule has 0 saturated heterocycles. The van der Waals surface area contributed by atoms with E-state index in [0.717, 1.165) is 43.1 Å². The van der Waals surface area contributed by atoms with E-state index in [9.17, 15) is 0 Å². The Bertz CT molecular complexity index is 407. The van der Waals surface area contributed by atoms with E-state index in [1.54, 1.807) is 0 Å². The van der Waals surface area contributed by atoms with E-state index in [0.29, 0.717) is 11.7 Å². The van der Waals surface area contributed by atoms with Gasteiger partial charge >= 0.3 is 0 Å². The Balaban J connectivity index is 2.33. The van der Waals surface area contributed by atoms with Crippen LogP contribution < -0.4 is 10.6 Å². The summed E-state index contributed by atoms with van der Waals surface area (Å²) >= 11 is 0. The van der Waals surface area contributed by atoms with Gasteiger partial charge in [-0.3, -0.25) is 0 Å². The molecule has 0 atom stereocenters. The zero-order chi connectivity index (χ0) is 13.1. The summed E-state index contributed by atoms with van der Waals surface area (Å²) in [6, 6.07) is 0. The molecule has 1 aromatic heterocycles. The van der Waals surface area contributed by atoms with Crippen molar-refractivity contribution in [3.63, 3.8) is 0 Å². The van der Waals surface area contributed by atoms with Crippen molar-refractivity contribution in [3.05, 3.63) is 11.4 Å². The van der Waals surface area contributed by atoms with Gasteiger partial charge in [-0.2, -0.15) is 0 Å². The van der Waals surface area contributed by atoms with Crippen LogP contribution in [0.1, 0.15) is 56.8 Å². The second-order valence-electron chi connectivity index (χ2n) is 5.18. The van der Waals surface area contributed by atoms with E-state index in [-0.39, 0.29) is 0 Å². The van der Waals surface area contributed by atoms with Crippen molar-refractivity contribution in [1.29, 1.82) is 0 Å². The molecule has 4 nitrogen and oxygen atoms in total. The van der Waals surface area contributed by atoms with E-state index >= 15 is 0 Å². The van der Waals surface area contributed by atoms with Crippen LogP contribution in [0.15, 0.2) is 0 Å². The molecule has 0 spiro atoms. The van der Waals surface area contributed by atoms with Crippen molar-refractivity contribution in [2.75, 3.05) is 23.7 Å². The molecule has 18 heavy (non-hydrogen) atoms. The van der Waals surface area contributed by atoms with Crippen molar-refractivity contribution >= 4 is 11.6 Å². The van der Waals surface area contributed by atoms with Crippen LogP contribution in [0, 0.1) is 6.92 Å². The van der Waals surface area contributed by atoms with Crippen LogP contribution in [0.5, 0.6) is 0 Å². The van der Waals surface area contributed by atoms with Gasteiger partial charge in [-0.05, 0) is 32.6 Å². The van der Waals surface area contributed by atoms with E-state index in [2.05, 4.69) is 23.7 Å². The van der Waals surface area contributed by atoms with Gasteiger partial charge in [-0.25, -0.2) is 9.97 Å². The summed E-state index contributed by atoms with van der Waals surface area (Å²) in [5.74, 6) is 3.20. The van der Waals surface area contributed by atoms with Crippen molar-refractivity contribution in [1.82, 2.24) is 9.97 Å². The number of nitrogens with zero attached hydrogens (tertiary/aromatic N) is 3. The predicted octanol–water partition coefficient (Wildman–Crippen LogP) is 2.87. The smallest absolute Gasteiger partial charge is 0.137 e. The van der Waals surface area contributed by atoms with E-state index < -0.39 is 0 Å². The van der Waals surface area contributed by atoms with Crippen molar-refractivity contribution in [2.24, 2.45) is 0 Å². The molecule has 1 fully saturated rings. The minimum atomic E-state index is 0.553. The molecule has 100 valence electrons. The lowest BCUT2D eigenvalue weighted by molar-refractivity contribution is 0.724. The van der Waals surface area contributed by atoms with Gasteiger partial charge in [-0.1, -0.05) is 13.8 Å². The number of nitrogen functional groups attached to an aromatic ring is 1. The fourth-order valence-corrected chi connectivity index (χ4v) is 2.23. The molecule has 4 heteroatoms. The standard InChI is InChI=1S/C14H24N4/c1-4-8-18(9-5-2)14-10(3)12(15)16-13(17-14)11-6-7-11/h11H,4-9H2,1-3H3,(H2,15,16,17). The maximum atomic E-state index is 6.04. The molecular formula is C14H24N4. The van der Waals surface area contributed by atoms with Gasteiger partial charge < -0.3 is 10.6 Å². The molecule has 0 radical (unpaired) electrons. The Hall–Kier alpha value is -1.32. The number of anilines is 2. The van der Waals surface area contributed by atoms with Crippen LogP contribution in [0.3, 0.4) is 0 Å². The molecule has 0 amide bonds. The zero-order valence-corrected chi connectivity index (χ0v) is 11.7. The first-order chi connectivity index (χ1) is 8.67. The van der Waals surface area contributed by atoms with E-state index in [1.165, 1.54) is 12.8 Å². The monoisotopic (exact) mass is 248 g/mol. The van der Waals surface area contributed by atoms with Crippen LogP contribution in [0.2, 0.25) is 0 Å². The summed E-state index contributed by atoms with van der Waals surface area (Å²) < 4.78 is 0. The molecule has 1 saturated carbocycles. The minimum Gasteiger partial charge on any atom is -0.383 e. The quantitative estimate of drug-likeness (QED) is 0.841. The molecule has 0 bridgehead atoms. The average molecular weight is 248 g/mol. The fraction of sp³-hybridized carbons (Fsp3) is 0.714. The molecule has 0 aromatic carbocycles. The molecule has 0 unspecified atom stereocenters. The number of hydrogen-bond donors (Lipinski definition) is 1. The molecule has 1 aromatic rings.